The first-order valence-electron chi connectivity index (χ1n) is 13.5. The average Bonchev–Trinajstić information content (AvgIpc) is 3.53. The Morgan fingerprint density at radius 2 is 1.58 bits per heavy atom. The number of carbonyl (C=O) groups is 2. The number of carbonyl (C=O) groups excluding carboxylic acids is 2. The van der Waals surface area contributed by atoms with E-state index in [1.165, 1.54) is 5.56 Å². The lowest BCUT2D eigenvalue weighted by atomic mass is 9.81. The second kappa shape index (κ2) is 10.3. The molecule has 2 amide bonds. The number of aryl methyl sites for hydroxylation is 2. The summed E-state index contributed by atoms with van der Waals surface area (Å²) in [6.07, 6.45) is 1.85. The fourth-order valence-corrected chi connectivity index (χ4v) is 7.17. The van der Waals surface area contributed by atoms with Crippen LogP contribution in [-0.4, -0.2) is 78.9 Å². The molecule has 0 radical (unpaired) electrons. The van der Waals surface area contributed by atoms with Gasteiger partial charge in [-0.1, -0.05) is 48.5 Å². The van der Waals surface area contributed by atoms with Crippen LogP contribution < -0.4 is 5.73 Å². The quantitative estimate of drug-likeness (QED) is 0.649. The highest BCUT2D eigenvalue weighted by molar-refractivity contribution is 5.97. The van der Waals surface area contributed by atoms with E-state index in [2.05, 4.69) is 52.1 Å². The second-order valence-electron chi connectivity index (χ2n) is 11.3. The first-order chi connectivity index (χ1) is 17.3. The van der Waals surface area contributed by atoms with Crippen molar-refractivity contribution in [2.24, 2.45) is 23.5 Å². The van der Waals surface area contributed by atoms with Crippen molar-refractivity contribution in [3.05, 3.63) is 70.8 Å². The Bertz CT molecular complexity index is 1070. The molecule has 2 N–H and O–H groups in total. The summed E-state index contributed by atoms with van der Waals surface area (Å²) in [7, 11) is 2.13. The number of fused-ring (bicyclic) bond motifs is 1. The highest BCUT2D eigenvalue weighted by Crippen LogP contribution is 2.38. The number of primary amides is 1. The fraction of sp³-hybridized carbons (Fsp3) is 0.533. The van der Waals surface area contributed by atoms with Gasteiger partial charge in [0.15, 0.2) is 0 Å². The number of hydrogen-bond donors (Lipinski definition) is 1. The molecule has 3 aliphatic heterocycles. The number of benzene rings is 2. The summed E-state index contributed by atoms with van der Waals surface area (Å²) in [4.78, 5) is 32.6. The van der Waals surface area contributed by atoms with Gasteiger partial charge in [0.05, 0.1) is 5.92 Å². The largest absolute Gasteiger partial charge is 0.369 e. The summed E-state index contributed by atoms with van der Waals surface area (Å²) in [6, 6.07) is 16.9. The van der Waals surface area contributed by atoms with Crippen LogP contribution in [0.25, 0.3) is 0 Å². The Hall–Kier alpha value is -2.70. The van der Waals surface area contributed by atoms with E-state index in [4.69, 9.17) is 5.73 Å². The molecule has 5 rings (SSSR count). The van der Waals surface area contributed by atoms with Gasteiger partial charge in [-0.2, -0.15) is 0 Å². The first kappa shape index (κ1) is 25.0. The molecule has 2 aromatic carbocycles. The average molecular weight is 489 g/mol. The van der Waals surface area contributed by atoms with Gasteiger partial charge in [0.25, 0.3) is 5.91 Å². The van der Waals surface area contributed by atoms with Gasteiger partial charge in [-0.3, -0.25) is 9.59 Å². The van der Waals surface area contributed by atoms with Gasteiger partial charge < -0.3 is 20.4 Å². The minimum absolute atomic E-state index is 0.0948. The third kappa shape index (κ3) is 4.81. The number of amides is 2. The Labute approximate surface area is 215 Å². The SMILES string of the molecule is Cc1cccc(C)c1C(=O)N1CC2CN(CC[C@@H](c3ccccc3)C3C(C(N)=O)CCN3C)CC2C1. The van der Waals surface area contributed by atoms with Gasteiger partial charge in [0.1, 0.15) is 0 Å². The van der Waals surface area contributed by atoms with E-state index in [1.807, 2.05) is 32.0 Å². The van der Waals surface area contributed by atoms with Crippen molar-refractivity contribution in [1.82, 2.24) is 14.7 Å². The molecule has 3 fully saturated rings. The topological polar surface area (TPSA) is 69.9 Å². The van der Waals surface area contributed by atoms with Gasteiger partial charge in [-0.25, -0.2) is 0 Å². The molecule has 5 atom stereocenters. The third-order valence-corrected chi connectivity index (χ3v) is 9.02. The standard InChI is InChI=1S/C30H40N4O2/c1-20-8-7-9-21(2)27(20)30(36)34-18-23-16-33(17-24(23)19-34)15-13-25(22-10-5-4-6-11-22)28-26(29(31)35)12-14-32(28)3/h4-11,23-26,28H,12-19H2,1-3H3,(H2,31,35)/t23?,24?,25-,26?,28?/m0/s1. The summed E-state index contributed by atoms with van der Waals surface area (Å²) in [6.45, 7) is 9.78. The van der Waals surface area contributed by atoms with Gasteiger partial charge >= 0.3 is 0 Å². The molecule has 0 spiro atoms. The summed E-state index contributed by atoms with van der Waals surface area (Å²) < 4.78 is 0. The smallest absolute Gasteiger partial charge is 0.254 e. The van der Waals surface area contributed by atoms with Crippen molar-refractivity contribution >= 4 is 11.8 Å². The zero-order valence-electron chi connectivity index (χ0n) is 21.9. The Balaban J connectivity index is 1.23. The van der Waals surface area contributed by atoms with E-state index in [0.717, 1.165) is 68.8 Å². The van der Waals surface area contributed by atoms with E-state index in [9.17, 15) is 9.59 Å². The van der Waals surface area contributed by atoms with Gasteiger partial charge in [-0.05, 0) is 75.4 Å². The summed E-state index contributed by atoms with van der Waals surface area (Å²) >= 11 is 0. The highest BCUT2D eigenvalue weighted by atomic mass is 16.2. The number of nitrogens with zero attached hydrogens (tertiary/aromatic N) is 3. The summed E-state index contributed by atoms with van der Waals surface area (Å²) in [5.41, 5.74) is 10.1. The van der Waals surface area contributed by atoms with Crippen LogP contribution in [0.15, 0.2) is 48.5 Å². The monoisotopic (exact) mass is 488 g/mol. The van der Waals surface area contributed by atoms with Crippen molar-refractivity contribution in [3.8, 4) is 0 Å². The molecule has 3 aliphatic rings. The molecule has 2 aromatic rings. The molecular formula is C30H40N4O2. The Morgan fingerprint density at radius 1 is 0.944 bits per heavy atom. The van der Waals surface area contributed by atoms with E-state index in [-0.39, 0.29) is 29.7 Å². The molecular weight excluding hydrogens is 448 g/mol. The van der Waals surface area contributed by atoms with Crippen LogP contribution >= 0.6 is 0 Å². The lowest BCUT2D eigenvalue weighted by Crippen LogP contribution is -2.42. The van der Waals surface area contributed by atoms with Crippen molar-refractivity contribution < 1.29 is 9.59 Å². The number of likely N-dealkylation sites (tertiary alicyclic amines) is 3. The maximum atomic E-state index is 13.3. The number of rotatable bonds is 7. The zero-order chi connectivity index (χ0) is 25.4. The summed E-state index contributed by atoms with van der Waals surface area (Å²) in [5, 5.41) is 0. The van der Waals surface area contributed by atoms with Gasteiger partial charge in [0.2, 0.25) is 5.91 Å². The Kier molecular flexibility index (Phi) is 7.18. The first-order valence-corrected chi connectivity index (χ1v) is 13.5. The zero-order valence-corrected chi connectivity index (χ0v) is 21.9. The minimum Gasteiger partial charge on any atom is -0.369 e. The van der Waals surface area contributed by atoms with E-state index in [0.29, 0.717) is 11.8 Å². The molecule has 6 nitrogen and oxygen atoms in total. The van der Waals surface area contributed by atoms with Crippen molar-refractivity contribution in [2.75, 3.05) is 46.3 Å². The van der Waals surface area contributed by atoms with Crippen molar-refractivity contribution in [3.63, 3.8) is 0 Å². The molecule has 0 bridgehead atoms. The van der Waals surface area contributed by atoms with Crippen LogP contribution in [0.4, 0.5) is 0 Å². The molecule has 0 saturated carbocycles. The van der Waals surface area contributed by atoms with E-state index >= 15 is 0 Å². The van der Waals surface area contributed by atoms with Crippen LogP contribution in [0, 0.1) is 31.6 Å². The highest BCUT2D eigenvalue weighted by Gasteiger charge is 2.44. The predicted octanol–water partition coefficient (Wildman–Crippen LogP) is 3.29. The van der Waals surface area contributed by atoms with Crippen LogP contribution in [0.1, 0.15) is 45.8 Å². The molecule has 0 aromatic heterocycles. The minimum atomic E-state index is -0.172. The lowest BCUT2D eigenvalue weighted by molar-refractivity contribution is -0.122. The maximum absolute atomic E-state index is 13.3. The van der Waals surface area contributed by atoms with E-state index in [1.54, 1.807) is 0 Å². The lowest BCUT2D eigenvalue weighted by Gasteiger charge is -2.34. The molecule has 4 unspecified atom stereocenters. The molecule has 6 heteroatoms. The molecule has 192 valence electrons. The van der Waals surface area contributed by atoms with Gasteiger partial charge in [-0.15, -0.1) is 0 Å². The van der Waals surface area contributed by atoms with Crippen molar-refractivity contribution in [2.45, 2.75) is 38.6 Å². The maximum Gasteiger partial charge on any atom is 0.254 e. The third-order valence-electron chi connectivity index (χ3n) is 9.02. The number of nitrogens with two attached hydrogens (primary N) is 1. The van der Waals surface area contributed by atoms with Gasteiger partial charge in [0, 0.05) is 43.7 Å². The molecule has 0 aliphatic carbocycles. The molecule has 36 heavy (non-hydrogen) atoms. The van der Waals surface area contributed by atoms with Crippen LogP contribution in [0.5, 0.6) is 0 Å². The summed E-state index contributed by atoms with van der Waals surface area (Å²) in [5.74, 6) is 1.29. The normalized spacial score (nSPS) is 27.4. The van der Waals surface area contributed by atoms with Crippen molar-refractivity contribution in [1.29, 1.82) is 0 Å². The molecule has 3 saturated heterocycles. The Morgan fingerprint density at radius 3 is 2.19 bits per heavy atom. The van der Waals surface area contributed by atoms with Crippen LogP contribution in [-0.2, 0) is 4.79 Å². The van der Waals surface area contributed by atoms with Crippen LogP contribution in [0.2, 0.25) is 0 Å². The van der Waals surface area contributed by atoms with E-state index < -0.39 is 0 Å². The predicted molar refractivity (Wildman–Crippen MR) is 143 cm³/mol. The second-order valence-corrected chi connectivity index (χ2v) is 11.3. The number of hydrogen-bond acceptors (Lipinski definition) is 4. The molecule has 3 heterocycles. The number of likely N-dealkylation sites (N-methyl/N-ethyl adjacent to an activating group) is 1. The van der Waals surface area contributed by atoms with Crippen LogP contribution in [0.3, 0.4) is 0 Å². The fourth-order valence-electron chi connectivity index (χ4n) is 7.17.